The lowest BCUT2D eigenvalue weighted by Gasteiger charge is -2.29. The molecule has 88 valence electrons. The van der Waals surface area contributed by atoms with Gasteiger partial charge in [-0.15, -0.1) is 0 Å². The number of hydrogen-bond acceptors (Lipinski definition) is 2. The highest BCUT2D eigenvalue weighted by Crippen LogP contribution is 2.45. The van der Waals surface area contributed by atoms with E-state index in [0.29, 0.717) is 16.6 Å². The van der Waals surface area contributed by atoms with Gasteiger partial charge in [0.2, 0.25) is 0 Å². The number of phenolic OH excluding ortho intramolecular Hbond substituents is 1. The fraction of sp³-hybridized carbons (Fsp3) is 0.500. The Labute approximate surface area is 103 Å². The van der Waals surface area contributed by atoms with Gasteiger partial charge in [0.25, 0.3) is 0 Å². The van der Waals surface area contributed by atoms with Gasteiger partial charge in [-0.2, -0.15) is 0 Å². The zero-order valence-corrected chi connectivity index (χ0v) is 10.6. The van der Waals surface area contributed by atoms with Crippen molar-refractivity contribution in [3.8, 4) is 5.75 Å². The highest BCUT2D eigenvalue weighted by Gasteiger charge is 2.38. The summed E-state index contributed by atoms with van der Waals surface area (Å²) in [6.07, 6.45) is 3.92. The van der Waals surface area contributed by atoms with Gasteiger partial charge in [-0.3, -0.25) is 0 Å². The van der Waals surface area contributed by atoms with Crippen LogP contribution in [-0.2, 0) is 5.41 Å². The van der Waals surface area contributed by atoms with E-state index in [4.69, 9.17) is 5.73 Å². The van der Waals surface area contributed by atoms with Gasteiger partial charge in [0.05, 0.1) is 0 Å². The summed E-state index contributed by atoms with van der Waals surface area (Å²) in [4.78, 5) is 0. The van der Waals surface area contributed by atoms with Gasteiger partial charge >= 0.3 is 0 Å². The summed E-state index contributed by atoms with van der Waals surface area (Å²) in [7, 11) is 0. The molecule has 16 heavy (non-hydrogen) atoms. The van der Waals surface area contributed by atoms with Crippen LogP contribution in [-0.4, -0.2) is 11.7 Å². The monoisotopic (exact) mass is 287 g/mol. The lowest BCUT2D eigenvalue weighted by molar-refractivity contribution is 0.390. The van der Waals surface area contributed by atoms with E-state index in [1.807, 2.05) is 0 Å². The van der Waals surface area contributed by atoms with Crippen molar-refractivity contribution in [2.45, 2.75) is 31.1 Å². The summed E-state index contributed by atoms with van der Waals surface area (Å²) < 4.78 is 14.7. The van der Waals surface area contributed by atoms with E-state index < -0.39 is 5.82 Å². The molecule has 4 heteroatoms. The van der Waals surface area contributed by atoms with Crippen LogP contribution in [0, 0.1) is 5.82 Å². The molecule has 1 saturated carbocycles. The first kappa shape index (κ1) is 11.9. The average Bonchev–Trinajstić information content (AvgIpc) is 2.74. The molecule has 2 rings (SSSR count). The maximum Gasteiger partial charge on any atom is 0.169 e. The van der Waals surface area contributed by atoms with Crippen LogP contribution in [0.2, 0.25) is 0 Å². The third-order valence-corrected chi connectivity index (χ3v) is 4.21. The van der Waals surface area contributed by atoms with Crippen LogP contribution in [0.15, 0.2) is 16.6 Å². The number of aromatic hydroxyl groups is 1. The molecule has 1 aromatic rings. The highest BCUT2D eigenvalue weighted by molar-refractivity contribution is 9.10. The summed E-state index contributed by atoms with van der Waals surface area (Å²) in [5, 5.41) is 9.46. The molecule has 0 radical (unpaired) electrons. The third-order valence-electron chi connectivity index (χ3n) is 3.55. The van der Waals surface area contributed by atoms with Gasteiger partial charge in [-0.1, -0.05) is 28.8 Å². The summed E-state index contributed by atoms with van der Waals surface area (Å²) in [5.74, 6) is -0.820. The maximum absolute atomic E-state index is 14.0. The van der Waals surface area contributed by atoms with Gasteiger partial charge in [-0.05, 0) is 25.0 Å². The standard InChI is InChI=1S/C12H15BrFNO/c13-8-3-4-9(16)11(14)10(8)12(7-15)5-1-2-6-12/h3-4,16H,1-2,5-7,15H2. The molecule has 0 atom stereocenters. The second kappa shape index (κ2) is 4.34. The molecule has 0 bridgehead atoms. The fourth-order valence-electron chi connectivity index (χ4n) is 2.64. The molecule has 2 nitrogen and oxygen atoms in total. The topological polar surface area (TPSA) is 46.2 Å². The van der Waals surface area contributed by atoms with E-state index in [-0.39, 0.29) is 11.2 Å². The smallest absolute Gasteiger partial charge is 0.169 e. The molecule has 0 aromatic heterocycles. The van der Waals surface area contributed by atoms with E-state index in [0.717, 1.165) is 25.7 Å². The number of rotatable bonds is 2. The van der Waals surface area contributed by atoms with Crippen molar-refractivity contribution in [2.24, 2.45) is 5.73 Å². The van der Waals surface area contributed by atoms with Crippen LogP contribution in [0.5, 0.6) is 5.75 Å². The predicted molar refractivity (Wildman–Crippen MR) is 65.0 cm³/mol. The molecule has 1 aliphatic carbocycles. The van der Waals surface area contributed by atoms with Crippen molar-refractivity contribution in [1.29, 1.82) is 0 Å². The molecule has 0 spiro atoms. The molecule has 0 unspecified atom stereocenters. The number of benzene rings is 1. The quantitative estimate of drug-likeness (QED) is 0.878. The minimum atomic E-state index is -0.526. The van der Waals surface area contributed by atoms with Crippen LogP contribution in [0.3, 0.4) is 0 Å². The molecule has 0 amide bonds. The Kier molecular flexibility index (Phi) is 3.22. The van der Waals surface area contributed by atoms with Crippen molar-refractivity contribution in [3.63, 3.8) is 0 Å². The summed E-state index contributed by atoms with van der Waals surface area (Å²) in [6, 6.07) is 3.05. The highest BCUT2D eigenvalue weighted by atomic mass is 79.9. The van der Waals surface area contributed by atoms with Crippen LogP contribution in [0.4, 0.5) is 4.39 Å². The largest absolute Gasteiger partial charge is 0.505 e. The van der Waals surface area contributed by atoms with E-state index in [1.54, 1.807) is 6.07 Å². The minimum absolute atomic E-state index is 0.294. The van der Waals surface area contributed by atoms with Crippen LogP contribution < -0.4 is 5.73 Å². The van der Waals surface area contributed by atoms with Gasteiger partial charge in [0.1, 0.15) is 0 Å². The van der Waals surface area contributed by atoms with Gasteiger partial charge in [-0.25, -0.2) is 4.39 Å². The molecule has 1 aliphatic rings. The second-order valence-corrected chi connectivity index (χ2v) is 5.30. The number of nitrogens with two attached hydrogens (primary N) is 1. The first-order valence-electron chi connectivity index (χ1n) is 5.48. The van der Waals surface area contributed by atoms with E-state index in [9.17, 15) is 9.50 Å². The van der Waals surface area contributed by atoms with Gasteiger partial charge in [0.15, 0.2) is 11.6 Å². The Morgan fingerprint density at radius 1 is 1.38 bits per heavy atom. The van der Waals surface area contributed by atoms with Crippen LogP contribution >= 0.6 is 15.9 Å². The van der Waals surface area contributed by atoms with Crippen LogP contribution in [0.1, 0.15) is 31.2 Å². The molecular weight excluding hydrogens is 273 g/mol. The Bertz CT molecular complexity index is 402. The van der Waals surface area contributed by atoms with Gasteiger partial charge in [0, 0.05) is 22.0 Å². The Balaban J connectivity index is 2.57. The van der Waals surface area contributed by atoms with Crippen molar-refractivity contribution in [1.82, 2.24) is 0 Å². The minimum Gasteiger partial charge on any atom is -0.505 e. The maximum atomic E-state index is 14.0. The normalized spacial score (nSPS) is 18.9. The summed E-state index contributed by atoms with van der Waals surface area (Å²) in [6.45, 7) is 0.423. The Morgan fingerprint density at radius 2 is 2.00 bits per heavy atom. The first-order chi connectivity index (χ1) is 7.60. The Hall–Kier alpha value is -0.610. The zero-order chi connectivity index (χ0) is 11.8. The van der Waals surface area contributed by atoms with E-state index in [2.05, 4.69) is 15.9 Å². The summed E-state index contributed by atoms with van der Waals surface area (Å²) in [5.41, 5.74) is 6.06. The average molecular weight is 288 g/mol. The third kappa shape index (κ3) is 1.74. The number of halogens is 2. The van der Waals surface area contributed by atoms with E-state index >= 15 is 0 Å². The predicted octanol–water partition coefficient (Wildman–Crippen LogP) is 3.06. The van der Waals surface area contributed by atoms with Crippen LogP contribution in [0.25, 0.3) is 0 Å². The lowest BCUT2D eigenvalue weighted by Crippen LogP contribution is -2.33. The fourth-order valence-corrected chi connectivity index (χ4v) is 3.36. The van der Waals surface area contributed by atoms with E-state index in [1.165, 1.54) is 6.07 Å². The van der Waals surface area contributed by atoms with Crippen molar-refractivity contribution in [3.05, 3.63) is 28.0 Å². The zero-order valence-electron chi connectivity index (χ0n) is 8.97. The molecule has 1 aromatic carbocycles. The first-order valence-corrected chi connectivity index (χ1v) is 6.27. The summed E-state index contributed by atoms with van der Waals surface area (Å²) >= 11 is 3.36. The van der Waals surface area contributed by atoms with Crippen molar-refractivity contribution in [2.75, 3.05) is 6.54 Å². The SMILES string of the molecule is NCC1(c2c(Br)ccc(O)c2F)CCCC1. The van der Waals surface area contributed by atoms with Crippen molar-refractivity contribution >= 4 is 15.9 Å². The molecule has 0 aliphatic heterocycles. The molecule has 0 saturated heterocycles. The molecular formula is C12H15BrFNO. The van der Waals surface area contributed by atoms with Gasteiger partial charge < -0.3 is 10.8 Å². The molecule has 0 heterocycles. The second-order valence-electron chi connectivity index (χ2n) is 4.45. The lowest BCUT2D eigenvalue weighted by atomic mass is 9.78. The Morgan fingerprint density at radius 3 is 2.56 bits per heavy atom. The molecule has 1 fully saturated rings. The molecule has 3 N–H and O–H groups in total. The number of phenols is 1. The van der Waals surface area contributed by atoms with Crippen molar-refractivity contribution < 1.29 is 9.50 Å². The number of hydrogen-bond donors (Lipinski definition) is 2.